The van der Waals surface area contributed by atoms with E-state index in [0.717, 1.165) is 96.3 Å². The van der Waals surface area contributed by atoms with Gasteiger partial charge in [0.15, 0.2) is 0 Å². The van der Waals surface area contributed by atoms with Crippen LogP contribution >= 0.6 is 0 Å². The second-order valence-electron chi connectivity index (χ2n) is 12.4. The van der Waals surface area contributed by atoms with Gasteiger partial charge in [0, 0.05) is 12.8 Å². The molecule has 0 heterocycles. The van der Waals surface area contributed by atoms with Crippen molar-refractivity contribution >= 4 is 17.8 Å². The van der Waals surface area contributed by atoms with Crippen LogP contribution in [0.25, 0.3) is 0 Å². The van der Waals surface area contributed by atoms with E-state index in [9.17, 15) is 14.4 Å². The quantitative estimate of drug-likeness (QED) is 0.0413. The van der Waals surface area contributed by atoms with Crippen LogP contribution in [-0.2, 0) is 19.1 Å². The highest BCUT2D eigenvalue weighted by molar-refractivity contribution is 5.80. The molecule has 0 rings (SSSR count). The summed E-state index contributed by atoms with van der Waals surface area (Å²) in [5, 5.41) is 11.1. The summed E-state index contributed by atoms with van der Waals surface area (Å²) < 4.78 is 5.87. The van der Waals surface area contributed by atoms with Gasteiger partial charge in [-0.15, -0.1) is 0 Å². The van der Waals surface area contributed by atoms with Gasteiger partial charge in [-0.25, -0.2) is 0 Å². The zero-order chi connectivity index (χ0) is 35.2. The molecular formula is C42H69NO5. The minimum Gasteiger partial charge on any atom is -0.480 e. The second kappa shape index (κ2) is 36.7. The highest BCUT2D eigenvalue weighted by Gasteiger charge is 2.12. The van der Waals surface area contributed by atoms with E-state index < -0.39 is 5.97 Å². The van der Waals surface area contributed by atoms with E-state index >= 15 is 0 Å². The maximum absolute atomic E-state index is 12.6. The predicted molar refractivity (Wildman–Crippen MR) is 203 cm³/mol. The van der Waals surface area contributed by atoms with Crippen molar-refractivity contribution in [1.82, 2.24) is 5.32 Å². The molecule has 6 nitrogen and oxygen atoms in total. The number of carboxylic acid groups (broad SMARTS) is 1. The van der Waals surface area contributed by atoms with Gasteiger partial charge in [-0.2, -0.15) is 0 Å². The Morgan fingerprint density at radius 3 is 1.71 bits per heavy atom. The third kappa shape index (κ3) is 35.7. The average Bonchev–Trinajstić information content (AvgIpc) is 3.07. The summed E-state index contributed by atoms with van der Waals surface area (Å²) in [5.74, 6) is -1.37. The first-order chi connectivity index (χ1) is 23.5. The third-order valence-electron chi connectivity index (χ3n) is 7.85. The van der Waals surface area contributed by atoms with Crippen molar-refractivity contribution in [1.29, 1.82) is 0 Å². The molecular weight excluding hydrogens is 598 g/mol. The number of nitrogens with one attached hydrogen (secondary N) is 1. The Balaban J connectivity index is 4.21. The molecule has 0 aromatic heterocycles. The Bertz CT molecular complexity index is 959. The first-order valence-electron chi connectivity index (χ1n) is 19.1. The van der Waals surface area contributed by atoms with E-state index in [1.165, 1.54) is 38.5 Å². The van der Waals surface area contributed by atoms with Crippen LogP contribution in [0.3, 0.4) is 0 Å². The first-order valence-corrected chi connectivity index (χ1v) is 19.1. The summed E-state index contributed by atoms with van der Waals surface area (Å²) >= 11 is 0. The number of amides is 1. The Labute approximate surface area is 294 Å². The number of carboxylic acids is 1. The molecule has 6 heteroatoms. The van der Waals surface area contributed by atoms with Crippen LogP contribution in [0, 0.1) is 0 Å². The van der Waals surface area contributed by atoms with Gasteiger partial charge in [0.05, 0.1) is 0 Å². The van der Waals surface area contributed by atoms with Crippen LogP contribution < -0.4 is 5.32 Å². The Morgan fingerprint density at radius 1 is 0.583 bits per heavy atom. The number of carbonyl (C=O) groups excluding carboxylic acids is 2. The molecule has 0 fully saturated rings. The van der Waals surface area contributed by atoms with Crippen LogP contribution in [0.1, 0.15) is 162 Å². The lowest BCUT2D eigenvalue weighted by Crippen LogP contribution is -2.28. The second-order valence-corrected chi connectivity index (χ2v) is 12.4. The van der Waals surface area contributed by atoms with Crippen LogP contribution in [0.4, 0.5) is 0 Å². The molecule has 0 saturated heterocycles. The highest BCUT2D eigenvalue weighted by Crippen LogP contribution is 2.15. The van der Waals surface area contributed by atoms with Gasteiger partial charge in [-0.1, -0.05) is 132 Å². The third-order valence-corrected chi connectivity index (χ3v) is 7.85. The minimum absolute atomic E-state index is 0.116. The first kappa shape index (κ1) is 44.9. The standard InChI is InChI=1S/C42H69NO5/c1-3-5-7-9-11-13-14-15-16-17-18-19-20-21-22-23-25-27-33-37-42(47)48-39(34-30-26-24-12-10-8-6-4-2)35-31-28-29-32-36-40(44)43-38-41(45)46/h5,7,11,13,15-16,18-19,21-22,30,34,39H,3-4,6,8-10,12,14,17,20,23-29,31-33,35-38H2,1-2H3,(H,43,44)(H,45,46)/b7-5-,13-11-,16-15-,19-18-,22-21-,34-30-. The SMILES string of the molecule is CC/C=C\C/C=C\C/C=C\C/C=C\C/C=C\CCCCCC(=O)OC(/C=C\CCCCCCCC)CCCCCCC(=O)NCC(=O)O. The fourth-order valence-corrected chi connectivity index (χ4v) is 5.04. The monoisotopic (exact) mass is 668 g/mol. The van der Waals surface area contributed by atoms with Crippen molar-refractivity contribution in [2.24, 2.45) is 0 Å². The maximum Gasteiger partial charge on any atom is 0.322 e. The number of hydrogen-bond donors (Lipinski definition) is 2. The van der Waals surface area contributed by atoms with E-state index in [1.54, 1.807) is 0 Å². The van der Waals surface area contributed by atoms with Gasteiger partial charge in [-0.3, -0.25) is 14.4 Å². The molecule has 0 aliphatic heterocycles. The molecule has 1 unspecified atom stereocenters. The molecule has 1 atom stereocenters. The number of rotatable bonds is 33. The minimum atomic E-state index is -1.03. The summed E-state index contributed by atoms with van der Waals surface area (Å²) in [7, 11) is 0. The van der Waals surface area contributed by atoms with Gasteiger partial charge < -0.3 is 15.2 Å². The lowest BCUT2D eigenvalue weighted by molar-refractivity contribution is -0.147. The summed E-state index contributed by atoms with van der Waals surface area (Å²) in [5.41, 5.74) is 0. The van der Waals surface area contributed by atoms with Gasteiger partial charge in [0.25, 0.3) is 0 Å². The molecule has 2 N–H and O–H groups in total. The largest absolute Gasteiger partial charge is 0.480 e. The summed E-state index contributed by atoms with van der Waals surface area (Å²) in [6.45, 7) is 4.05. The molecule has 0 aromatic rings. The lowest BCUT2D eigenvalue weighted by atomic mass is 10.1. The van der Waals surface area contributed by atoms with Crippen molar-refractivity contribution in [3.8, 4) is 0 Å². The number of hydrogen-bond acceptors (Lipinski definition) is 4. The fourth-order valence-electron chi connectivity index (χ4n) is 5.04. The van der Waals surface area contributed by atoms with Crippen LogP contribution in [0.15, 0.2) is 72.9 Å². The summed E-state index contributed by atoms with van der Waals surface area (Å²) in [6.07, 6.45) is 48.9. The number of unbranched alkanes of at least 4 members (excludes halogenated alkanes) is 12. The Hall–Kier alpha value is -3.15. The average molecular weight is 668 g/mol. The molecule has 0 saturated carbocycles. The molecule has 0 aliphatic carbocycles. The van der Waals surface area contributed by atoms with Crippen molar-refractivity contribution in [3.05, 3.63) is 72.9 Å². The van der Waals surface area contributed by atoms with Gasteiger partial charge in [0.2, 0.25) is 5.91 Å². The van der Waals surface area contributed by atoms with Gasteiger partial charge in [0.1, 0.15) is 12.6 Å². The number of esters is 1. The van der Waals surface area contributed by atoms with Crippen LogP contribution in [0.2, 0.25) is 0 Å². The molecule has 0 radical (unpaired) electrons. The predicted octanol–water partition coefficient (Wildman–Crippen LogP) is 11.4. The van der Waals surface area contributed by atoms with Crippen molar-refractivity contribution in [2.75, 3.05) is 6.54 Å². The van der Waals surface area contributed by atoms with Gasteiger partial charge >= 0.3 is 11.9 Å². The zero-order valence-corrected chi connectivity index (χ0v) is 30.6. The fraction of sp³-hybridized carbons (Fsp3) is 0.643. The molecule has 0 aliphatic rings. The smallest absolute Gasteiger partial charge is 0.322 e. The Morgan fingerprint density at radius 2 is 1.08 bits per heavy atom. The zero-order valence-electron chi connectivity index (χ0n) is 30.6. The summed E-state index contributed by atoms with van der Waals surface area (Å²) in [6, 6.07) is 0. The van der Waals surface area contributed by atoms with Gasteiger partial charge in [-0.05, 0) is 89.5 Å². The normalized spacial score (nSPS) is 12.9. The molecule has 272 valence electrons. The van der Waals surface area contributed by atoms with E-state index in [4.69, 9.17) is 9.84 Å². The number of allylic oxidation sites excluding steroid dienone is 11. The van der Waals surface area contributed by atoms with E-state index in [1.807, 2.05) is 0 Å². The summed E-state index contributed by atoms with van der Waals surface area (Å²) in [4.78, 5) is 34.9. The van der Waals surface area contributed by atoms with Crippen molar-refractivity contribution < 1.29 is 24.2 Å². The van der Waals surface area contributed by atoms with Crippen LogP contribution in [0.5, 0.6) is 0 Å². The topological polar surface area (TPSA) is 92.7 Å². The number of ether oxygens (including phenoxy) is 1. The van der Waals surface area contributed by atoms with E-state index in [-0.39, 0.29) is 24.5 Å². The van der Waals surface area contributed by atoms with E-state index in [0.29, 0.717) is 12.8 Å². The molecule has 0 spiro atoms. The molecule has 0 bridgehead atoms. The van der Waals surface area contributed by atoms with Crippen LogP contribution in [-0.4, -0.2) is 35.6 Å². The maximum atomic E-state index is 12.6. The molecule has 0 aromatic carbocycles. The van der Waals surface area contributed by atoms with Crippen molar-refractivity contribution in [3.63, 3.8) is 0 Å². The molecule has 1 amide bonds. The highest BCUT2D eigenvalue weighted by atomic mass is 16.5. The number of carbonyl (C=O) groups is 3. The van der Waals surface area contributed by atoms with Crippen molar-refractivity contribution in [2.45, 2.75) is 168 Å². The molecule has 48 heavy (non-hydrogen) atoms. The lowest BCUT2D eigenvalue weighted by Gasteiger charge is -2.15. The Kier molecular flexibility index (Phi) is 34.3. The number of aliphatic carboxylic acids is 1. The van der Waals surface area contributed by atoms with E-state index in [2.05, 4.69) is 92.1 Å².